The zero-order valence-electron chi connectivity index (χ0n) is 13.4. The minimum absolute atomic E-state index is 0.0796. The minimum atomic E-state index is -0.902. The Balaban J connectivity index is 1.79. The summed E-state index contributed by atoms with van der Waals surface area (Å²) in [4.78, 5) is 25.8. The molecular formula is C19H19NO4. The third kappa shape index (κ3) is 3.25. The van der Waals surface area contributed by atoms with E-state index in [-0.39, 0.29) is 18.9 Å². The molecule has 0 radical (unpaired) electrons. The SMILES string of the molecule is COc1cccc(CC(=O)N2Cc3ccccc3C(C(=O)O)C2)c1. The van der Waals surface area contributed by atoms with Gasteiger partial charge in [-0.3, -0.25) is 9.59 Å². The Bertz CT molecular complexity index is 771. The lowest BCUT2D eigenvalue weighted by Gasteiger charge is -2.33. The monoisotopic (exact) mass is 325 g/mol. The molecule has 1 atom stereocenters. The summed E-state index contributed by atoms with van der Waals surface area (Å²) in [5, 5.41) is 9.49. The van der Waals surface area contributed by atoms with Crippen molar-refractivity contribution in [2.45, 2.75) is 18.9 Å². The number of aliphatic carboxylic acids is 1. The number of fused-ring (bicyclic) bond motifs is 1. The van der Waals surface area contributed by atoms with Gasteiger partial charge in [0.1, 0.15) is 5.75 Å². The number of nitrogens with zero attached hydrogens (tertiary/aromatic N) is 1. The van der Waals surface area contributed by atoms with Crippen molar-refractivity contribution in [2.24, 2.45) is 0 Å². The van der Waals surface area contributed by atoms with Gasteiger partial charge in [0.05, 0.1) is 19.4 Å². The van der Waals surface area contributed by atoms with Gasteiger partial charge in [0.15, 0.2) is 0 Å². The summed E-state index contributed by atoms with van der Waals surface area (Å²) >= 11 is 0. The fourth-order valence-electron chi connectivity index (χ4n) is 3.08. The van der Waals surface area contributed by atoms with Gasteiger partial charge in [0, 0.05) is 13.1 Å². The van der Waals surface area contributed by atoms with E-state index in [0.29, 0.717) is 12.3 Å². The van der Waals surface area contributed by atoms with Crippen LogP contribution in [0.1, 0.15) is 22.6 Å². The van der Waals surface area contributed by atoms with E-state index in [0.717, 1.165) is 16.7 Å². The second-order valence-electron chi connectivity index (χ2n) is 5.89. The summed E-state index contributed by atoms with van der Waals surface area (Å²) < 4.78 is 5.17. The van der Waals surface area contributed by atoms with Crippen molar-refractivity contribution in [3.8, 4) is 5.75 Å². The third-order valence-corrected chi connectivity index (χ3v) is 4.33. The lowest BCUT2D eigenvalue weighted by Crippen LogP contribution is -2.41. The molecule has 0 spiro atoms. The van der Waals surface area contributed by atoms with Gasteiger partial charge >= 0.3 is 5.97 Å². The quantitative estimate of drug-likeness (QED) is 0.937. The molecule has 124 valence electrons. The molecule has 1 unspecified atom stereocenters. The summed E-state index contributed by atoms with van der Waals surface area (Å²) in [6.45, 7) is 0.651. The molecule has 2 aromatic rings. The predicted octanol–water partition coefficient (Wildman–Crippen LogP) is 2.45. The van der Waals surface area contributed by atoms with Crippen LogP contribution in [0.3, 0.4) is 0 Å². The van der Waals surface area contributed by atoms with Gasteiger partial charge in [-0.05, 0) is 28.8 Å². The van der Waals surface area contributed by atoms with Crippen molar-refractivity contribution in [2.75, 3.05) is 13.7 Å². The van der Waals surface area contributed by atoms with Crippen molar-refractivity contribution >= 4 is 11.9 Å². The van der Waals surface area contributed by atoms with Crippen LogP contribution < -0.4 is 4.74 Å². The lowest BCUT2D eigenvalue weighted by molar-refractivity contribution is -0.141. The van der Waals surface area contributed by atoms with Crippen LogP contribution in [0.2, 0.25) is 0 Å². The normalized spacial score (nSPS) is 16.4. The fraction of sp³-hybridized carbons (Fsp3) is 0.263. The highest BCUT2D eigenvalue weighted by Gasteiger charge is 2.32. The number of benzene rings is 2. The molecule has 5 heteroatoms. The van der Waals surface area contributed by atoms with Gasteiger partial charge in [-0.25, -0.2) is 0 Å². The first-order valence-electron chi connectivity index (χ1n) is 7.80. The first kappa shape index (κ1) is 16.1. The van der Waals surface area contributed by atoms with Gasteiger partial charge in [-0.15, -0.1) is 0 Å². The zero-order valence-corrected chi connectivity index (χ0v) is 13.4. The van der Waals surface area contributed by atoms with Crippen molar-refractivity contribution < 1.29 is 19.4 Å². The van der Waals surface area contributed by atoms with E-state index < -0.39 is 11.9 Å². The van der Waals surface area contributed by atoms with Crippen LogP contribution in [0.25, 0.3) is 0 Å². The van der Waals surface area contributed by atoms with Crippen LogP contribution in [0, 0.1) is 0 Å². The number of rotatable bonds is 4. The van der Waals surface area contributed by atoms with Gasteiger partial charge in [-0.2, -0.15) is 0 Å². The largest absolute Gasteiger partial charge is 0.497 e. The first-order valence-corrected chi connectivity index (χ1v) is 7.80. The zero-order chi connectivity index (χ0) is 17.1. The molecule has 3 rings (SSSR count). The highest BCUT2D eigenvalue weighted by atomic mass is 16.5. The lowest BCUT2D eigenvalue weighted by atomic mass is 9.89. The van der Waals surface area contributed by atoms with Crippen LogP contribution in [0.5, 0.6) is 5.75 Å². The Morgan fingerprint density at radius 2 is 2.00 bits per heavy atom. The van der Waals surface area contributed by atoms with E-state index in [2.05, 4.69) is 0 Å². The maximum absolute atomic E-state index is 12.6. The van der Waals surface area contributed by atoms with Crippen molar-refractivity contribution in [1.29, 1.82) is 0 Å². The molecule has 0 saturated carbocycles. The summed E-state index contributed by atoms with van der Waals surface area (Å²) in [6.07, 6.45) is 0.228. The molecule has 0 fully saturated rings. The smallest absolute Gasteiger partial charge is 0.312 e. The molecular weight excluding hydrogens is 306 g/mol. The molecule has 24 heavy (non-hydrogen) atoms. The van der Waals surface area contributed by atoms with E-state index in [9.17, 15) is 14.7 Å². The van der Waals surface area contributed by atoms with E-state index in [1.54, 1.807) is 12.0 Å². The average molecular weight is 325 g/mol. The van der Waals surface area contributed by atoms with Crippen molar-refractivity contribution in [3.05, 3.63) is 65.2 Å². The summed E-state index contributed by atoms with van der Waals surface area (Å²) in [6, 6.07) is 14.8. The minimum Gasteiger partial charge on any atom is -0.497 e. The van der Waals surface area contributed by atoms with Gasteiger partial charge in [0.25, 0.3) is 0 Å². The molecule has 0 saturated heterocycles. The molecule has 5 nitrogen and oxygen atoms in total. The van der Waals surface area contributed by atoms with E-state index in [1.807, 2.05) is 48.5 Å². The number of hydrogen-bond acceptors (Lipinski definition) is 3. The Kier molecular flexibility index (Phi) is 4.51. The number of ether oxygens (including phenoxy) is 1. The predicted molar refractivity (Wildman–Crippen MR) is 88.9 cm³/mol. The van der Waals surface area contributed by atoms with Gasteiger partial charge < -0.3 is 14.7 Å². The second kappa shape index (κ2) is 6.74. The van der Waals surface area contributed by atoms with E-state index in [1.165, 1.54) is 0 Å². The molecule has 2 aromatic carbocycles. The van der Waals surface area contributed by atoms with E-state index >= 15 is 0 Å². The van der Waals surface area contributed by atoms with E-state index in [4.69, 9.17) is 4.74 Å². The topological polar surface area (TPSA) is 66.8 Å². The van der Waals surface area contributed by atoms with Crippen LogP contribution in [-0.4, -0.2) is 35.5 Å². The highest BCUT2D eigenvalue weighted by molar-refractivity contribution is 5.82. The number of carboxylic acid groups (broad SMARTS) is 1. The molecule has 1 heterocycles. The van der Waals surface area contributed by atoms with Crippen molar-refractivity contribution in [3.63, 3.8) is 0 Å². The number of amides is 1. The first-order chi connectivity index (χ1) is 11.6. The number of hydrogen-bond donors (Lipinski definition) is 1. The Hall–Kier alpha value is -2.82. The van der Waals surface area contributed by atoms with Crippen LogP contribution in [-0.2, 0) is 22.6 Å². The molecule has 0 aromatic heterocycles. The maximum atomic E-state index is 12.6. The number of carboxylic acids is 1. The Morgan fingerprint density at radius 1 is 1.21 bits per heavy atom. The van der Waals surface area contributed by atoms with Crippen molar-refractivity contribution in [1.82, 2.24) is 4.90 Å². The third-order valence-electron chi connectivity index (χ3n) is 4.33. The highest BCUT2D eigenvalue weighted by Crippen LogP contribution is 2.29. The van der Waals surface area contributed by atoms with Crippen LogP contribution in [0.4, 0.5) is 0 Å². The number of carbonyl (C=O) groups is 2. The molecule has 1 aliphatic heterocycles. The molecule has 0 bridgehead atoms. The summed E-state index contributed by atoms with van der Waals surface area (Å²) in [5.74, 6) is -0.956. The average Bonchev–Trinajstić information content (AvgIpc) is 2.60. The maximum Gasteiger partial charge on any atom is 0.312 e. The fourth-order valence-corrected chi connectivity index (χ4v) is 3.08. The Morgan fingerprint density at radius 3 is 2.75 bits per heavy atom. The molecule has 1 N–H and O–H groups in total. The van der Waals surface area contributed by atoms with Gasteiger partial charge in [-0.1, -0.05) is 36.4 Å². The molecule has 0 aliphatic carbocycles. The molecule has 1 aliphatic rings. The second-order valence-corrected chi connectivity index (χ2v) is 5.89. The van der Waals surface area contributed by atoms with Crippen LogP contribution >= 0.6 is 0 Å². The summed E-state index contributed by atoms with van der Waals surface area (Å²) in [7, 11) is 1.58. The Labute approximate surface area is 140 Å². The standard InChI is InChI=1S/C19H19NO4/c1-24-15-7-4-5-13(9-15)10-18(21)20-11-14-6-2-3-8-16(14)17(12-20)19(22)23/h2-9,17H,10-12H2,1H3,(H,22,23). The molecule has 1 amide bonds. The number of methoxy groups -OCH3 is 1. The summed E-state index contributed by atoms with van der Waals surface area (Å²) in [5.41, 5.74) is 2.55. The van der Waals surface area contributed by atoms with Gasteiger partial charge in [0.2, 0.25) is 5.91 Å². The number of carbonyl (C=O) groups excluding carboxylic acids is 1. The van der Waals surface area contributed by atoms with Crippen LogP contribution in [0.15, 0.2) is 48.5 Å².